The first-order valence-electron chi connectivity index (χ1n) is 3.13. The van der Waals surface area contributed by atoms with Crippen LogP contribution in [0.4, 0.5) is 0 Å². The van der Waals surface area contributed by atoms with Crippen molar-refractivity contribution in [3.8, 4) is 0 Å². The topological polar surface area (TPSA) is 24.7 Å². The predicted octanol–water partition coefficient (Wildman–Crippen LogP) is 1.53. The van der Waals surface area contributed by atoms with Crippen molar-refractivity contribution in [1.29, 1.82) is 0 Å². The summed E-state index contributed by atoms with van der Waals surface area (Å²) < 4.78 is 0. The lowest BCUT2D eigenvalue weighted by Gasteiger charge is -1.90. The van der Waals surface area contributed by atoms with Crippen LogP contribution in [0.25, 0.3) is 0 Å². The molecule has 0 N–H and O–H groups in total. The van der Waals surface area contributed by atoms with Crippen LogP contribution >= 0.6 is 35.4 Å². The Morgan fingerprint density at radius 1 is 1.00 bits per heavy atom. The zero-order valence-electron chi connectivity index (χ0n) is 5.71. The molecule has 0 unspecified atom stereocenters. The van der Waals surface area contributed by atoms with Gasteiger partial charge in [-0.3, -0.25) is 0 Å². The fourth-order valence-corrected chi connectivity index (χ4v) is 1.45. The van der Waals surface area contributed by atoms with E-state index in [1.54, 1.807) is 12.1 Å². The maximum atomic E-state index is 5.76. The van der Waals surface area contributed by atoms with E-state index < -0.39 is 0 Å². The third-order valence-corrected chi connectivity index (χ3v) is 2.35. The second-order valence-corrected chi connectivity index (χ2v) is 3.44. The van der Waals surface area contributed by atoms with E-state index in [2.05, 4.69) is 9.98 Å². The van der Waals surface area contributed by atoms with Crippen LogP contribution in [0.5, 0.6) is 0 Å². The summed E-state index contributed by atoms with van der Waals surface area (Å²) in [6, 6.07) is 3.31. The van der Waals surface area contributed by atoms with Crippen molar-refractivity contribution >= 4 is 40.5 Å². The Hall–Kier alpha value is -0.510. The molecule has 5 heteroatoms. The van der Waals surface area contributed by atoms with Gasteiger partial charge in [-0.15, -0.1) is 0 Å². The summed E-state index contributed by atoms with van der Waals surface area (Å²) in [7, 11) is 0. The smallest absolute Gasteiger partial charge is 0.217 e. The molecule has 2 rings (SSSR count). The zero-order valence-corrected chi connectivity index (χ0v) is 8.04. The summed E-state index contributed by atoms with van der Waals surface area (Å²) in [6.07, 6.45) is 0. The molecular formula is C7H2Cl2N2S. The maximum Gasteiger partial charge on any atom is 0.220 e. The van der Waals surface area contributed by atoms with Gasteiger partial charge in [-0.1, -0.05) is 23.2 Å². The van der Waals surface area contributed by atoms with Gasteiger partial charge in [-0.2, -0.15) is 0 Å². The standard InChI is InChI=1S/C7H2Cl2N2S/c8-3-1-5-6(2-4(3)9)11-7(12)10-5/h1-2H. The molecule has 1 aromatic carbocycles. The molecule has 1 aliphatic heterocycles. The number of thiocarbonyl (C=S) groups is 1. The highest BCUT2D eigenvalue weighted by Crippen LogP contribution is 2.16. The van der Waals surface area contributed by atoms with Crippen LogP contribution in [0.1, 0.15) is 0 Å². The number of hydrogen-bond donors (Lipinski definition) is 0. The molecule has 0 amide bonds. The molecule has 0 saturated carbocycles. The average molecular weight is 217 g/mol. The third kappa shape index (κ3) is 1.24. The van der Waals surface area contributed by atoms with Gasteiger partial charge in [-0.25, -0.2) is 9.98 Å². The van der Waals surface area contributed by atoms with Crippen LogP contribution in [0, 0.1) is 0 Å². The van der Waals surface area contributed by atoms with Gasteiger partial charge in [0.1, 0.15) is 0 Å². The van der Waals surface area contributed by atoms with E-state index in [0.29, 0.717) is 25.9 Å². The van der Waals surface area contributed by atoms with Crippen molar-refractivity contribution in [2.75, 3.05) is 0 Å². The fraction of sp³-hybridized carbons (Fsp3) is 0. The van der Waals surface area contributed by atoms with Gasteiger partial charge in [0, 0.05) is 0 Å². The summed E-state index contributed by atoms with van der Waals surface area (Å²) in [5.74, 6) is 0. The number of benzene rings is 1. The number of halogens is 2. The number of hydrogen-bond acceptors (Lipinski definition) is 1. The number of rotatable bonds is 0. The van der Waals surface area contributed by atoms with Gasteiger partial charge in [0.2, 0.25) is 5.11 Å². The fourth-order valence-electron chi connectivity index (χ4n) is 0.936. The molecule has 1 heterocycles. The molecule has 0 saturated heterocycles. The van der Waals surface area contributed by atoms with Crippen molar-refractivity contribution < 1.29 is 0 Å². The van der Waals surface area contributed by atoms with Crippen LogP contribution in [0.3, 0.4) is 0 Å². The molecule has 0 aliphatic carbocycles. The van der Waals surface area contributed by atoms with E-state index in [-0.39, 0.29) is 0 Å². The molecular weight excluding hydrogens is 215 g/mol. The van der Waals surface area contributed by atoms with Crippen LogP contribution in [0.15, 0.2) is 22.1 Å². The Labute approximate surface area is 83.5 Å². The Morgan fingerprint density at radius 3 is 1.83 bits per heavy atom. The summed E-state index contributed by atoms with van der Waals surface area (Å²) in [6.45, 7) is 0. The lowest BCUT2D eigenvalue weighted by Crippen LogP contribution is -2.20. The quantitative estimate of drug-likeness (QED) is 0.605. The molecule has 0 spiro atoms. The van der Waals surface area contributed by atoms with E-state index in [4.69, 9.17) is 35.4 Å². The Balaban J connectivity index is 2.89. The highest BCUT2D eigenvalue weighted by atomic mass is 35.5. The first-order chi connectivity index (χ1) is 5.66. The van der Waals surface area contributed by atoms with Gasteiger partial charge < -0.3 is 0 Å². The molecule has 1 aliphatic rings. The third-order valence-electron chi connectivity index (χ3n) is 1.45. The molecule has 2 nitrogen and oxygen atoms in total. The van der Waals surface area contributed by atoms with E-state index in [0.717, 1.165) is 0 Å². The van der Waals surface area contributed by atoms with Gasteiger partial charge in [0.05, 0.1) is 20.8 Å². The SMILES string of the molecule is S=C1N=c2cc(Cl)c(Cl)cc2=N1. The van der Waals surface area contributed by atoms with Crippen molar-refractivity contribution in [2.45, 2.75) is 0 Å². The molecule has 0 bridgehead atoms. The minimum absolute atomic E-state index is 0.323. The van der Waals surface area contributed by atoms with Crippen molar-refractivity contribution in [3.05, 3.63) is 32.9 Å². The Kier molecular flexibility index (Phi) is 1.87. The highest BCUT2D eigenvalue weighted by Gasteiger charge is 2.04. The first-order valence-corrected chi connectivity index (χ1v) is 4.30. The van der Waals surface area contributed by atoms with Crippen LogP contribution in [0.2, 0.25) is 10.0 Å². The Bertz CT molecular complexity index is 438. The molecule has 0 radical (unpaired) electrons. The summed E-state index contributed by atoms with van der Waals surface area (Å²) >= 11 is 16.3. The van der Waals surface area contributed by atoms with Gasteiger partial charge >= 0.3 is 0 Å². The first kappa shape index (κ1) is 8.10. The van der Waals surface area contributed by atoms with Gasteiger partial charge in [0.15, 0.2) is 0 Å². The largest absolute Gasteiger partial charge is 0.220 e. The van der Waals surface area contributed by atoms with Gasteiger partial charge in [-0.05, 0) is 24.4 Å². The maximum absolute atomic E-state index is 5.76. The minimum Gasteiger partial charge on any atom is -0.217 e. The molecule has 0 fully saturated rings. The molecule has 12 heavy (non-hydrogen) atoms. The normalized spacial score (nSPS) is 13.7. The van der Waals surface area contributed by atoms with E-state index in [1.165, 1.54) is 0 Å². The lowest BCUT2D eigenvalue weighted by atomic mass is 10.3. The summed E-state index contributed by atoms with van der Waals surface area (Å²) in [5.41, 5.74) is 0. The van der Waals surface area contributed by atoms with E-state index in [1.807, 2.05) is 0 Å². The number of nitrogens with zero attached hydrogens (tertiary/aromatic N) is 2. The second kappa shape index (κ2) is 2.76. The van der Waals surface area contributed by atoms with Crippen molar-refractivity contribution in [1.82, 2.24) is 0 Å². The zero-order chi connectivity index (χ0) is 8.72. The lowest BCUT2D eigenvalue weighted by molar-refractivity contribution is 1.37. The van der Waals surface area contributed by atoms with Crippen LogP contribution in [-0.2, 0) is 0 Å². The molecule has 60 valence electrons. The van der Waals surface area contributed by atoms with E-state index in [9.17, 15) is 0 Å². The monoisotopic (exact) mass is 216 g/mol. The van der Waals surface area contributed by atoms with Crippen LogP contribution in [-0.4, -0.2) is 5.11 Å². The van der Waals surface area contributed by atoms with E-state index >= 15 is 0 Å². The molecule has 1 aromatic rings. The predicted molar refractivity (Wildman–Crippen MR) is 51.4 cm³/mol. The summed E-state index contributed by atoms with van der Waals surface area (Å²) in [5, 5.41) is 2.64. The Morgan fingerprint density at radius 2 is 1.42 bits per heavy atom. The van der Waals surface area contributed by atoms with Gasteiger partial charge in [0.25, 0.3) is 0 Å². The highest BCUT2D eigenvalue weighted by molar-refractivity contribution is 7.80. The average Bonchev–Trinajstić information content (AvgIpc) is 2.30. The second-order valence-electron chi connectivity index (χ2n) is 2.26. The number of fused-ring (bicyclic) bond motifs is 1. The van der Waals surface area contributed by atoms with Crippen LogP contribution < -0.4 is 10.7 Å². The van der Waals surface area contributed by atoms with Crippen molar-refractivity contribution in [3.63, 3.8) is 0 Å². The van der Waals surface area contributed by atoms with Crippen molar-refractivity contribution in [2.24, 2.45) is 9.98 Å². The molecule has 0 aromatic heterocycles. The minimum atomic E-state index is 0.323. The molecule has 0 atom stereocenters. The summed E-state index contributed by atoms with van der Waals surface area (Å²) in [4.78, 5) is 7.95.